The second kappa shape index (κ2) is 8.29. The molecule has 4 nitrogen and oxygen atoms in total. The van der Waals surface area contributed by atoms with Crippen LogP contribution < -0.4 is 10.6 Å². The van der Waals surface area contributed by atoms with Crippen molar-refractivity contribution >= 4 is 29.0 Å². The van der Waals surface area contributed by atoms with Crippen molar-refractivity contribution in [1.82, 2.24) is 5.32 Å². The molecule has 0 aromatic heterocycles. The summed E-state index contributed by atoms with van der Waals surface area (Å²) < 4.78 is 4.68. The first-order chi connectivity index (χ1) is 11.1. The number of carbonyl (C=O) groups is 1. The Morgan fingerprint density at radius 2 is 1.78 bits per heavy atom. The van der Waals surface area contributed by atoms with E-state index in [2.05, 4.69) is 34.4 Å². The summed E-state index contributed by atoms with van der Waals surface area (Å²) in [5.74, 6) is -0.354. The summed E-state index contributed by atoms with van der Waals surface area (Å²) in [7, 11) is 1.36. The number of hydrogen-bond acceptors (Lipinski definition) is 3. The first-order valence-electron chi connectivity index (χ1n) is 7.45. The normalized spacial score (nSPS) is 11.4. The second-order valence-electron chi connectivity index (χ2n) is 5.04. The molecule has 0 spiro atoms. The van der Waals surface area contributed by atoms with E-state index in [1.54, 1.807) is 24.3 Å². The molecule has 0 aliphatic heterocycles. The molecule has 0 fully saturated rings. The van der Waals surface area contributed by atoms with Gasteiger partial charge in [-0.25, -0.2) is 4.79 Å². The van der Waals surface area contributed by atoms with Crippen LogP contribution in [0, 0.1) is 0 Å². The van der Waals surface area contributed by atoms with E-state index in [1.165, 1.54) is 12.7 Å². The van der Waals surface area contributed by atoms with Crippen molar-refractivity contribution in [2.45, 2.75) is 19.4 Å². The summed E-state index contributed by atoms with van der Waals surface area (Å²) in [6, 6.07) is 17.3. The van der Waals surface area contributed by atoms with Crippen molar-refractivity contribution in [1.29, 1.82) is 0 Å². The molecule has 1 atom stereocenters. The first kappa shape index (κ1) is 17.0. The highest BCUT2D eigenvalue weighted by atomic mass is 32.1. The maximum Gasteiger partial charge on any atom is 0.337 e. The number of methoxy groups -OCH3 is 1. The molecule has 0 saturated carbocycles. The van der Waals surface area contributed by atoms with Crippen molar-refractivity contribution in [2.75, 3.05) is 12.4 Å². The van der Waals surface area contributed by atoms with E-state index in [4.69, 9.17) is 12.2 Å². The van der Waals surface area contributed by atoms with Crippen LogP contribution in [0.25, 0.3) is 0 Å². The quantitative estimate of drug-likeness (QED) is 0.644. The molecule has 2 N–H and O–H groups in total. The maximum absolute atomic E-state index is 11.4. The topological polar surface area (TPSA) is 50.4 Å². The lowest BCUT2D eigenvalue weighted by molar-refractivity contribution is 0.0601. The molecule has 0 aliphatic carbocycles. The fraction of sp³-hybridized carbons (Fsp3) is 0.222. The van der Waals surface area contributed by atoms with Crippen LogP contribution in [-0.2, 0) is 4.74 Å². The van der Waals surface area contributed by atoms with Gasteiger partial charge in [0.2, 0.25) is 0 Å². The van der Waals surface area contributed by atoms with Crippen LogP contribution in [-0.4, -0.2) is 18.2 Å². The standard InChI is InChI=1S/C18H20N2O2S/c1-3-16(13-7-5-4-6-8-13)20-18(23)19-15-11-9-14(10-12-15)17(21)22-2/h4-12,16H,3H2,1-2H3,(H2,19,20,23). The van der Waals surface area contributed by atoms with Gasteiger partial charge in [-0.15, -0.1) is 0 Å². The van der Waals surface area contributed by atoms with E-state index in [1.807, 2.05) is 18.2 Å². The molecule has 0 bridgehead atoms. The lowest BCUT2D eigenvalue weighted by Crippen LogP contribution is -2.32. The van der Waals surface area contributed by atoms with Crippen LogP contribution in [0.1, 0.15) is 35.3 Å². The van der Waals surface area contributed by atoms with E-state index < -0.39 is 0 Å². The summed E-state index contributed by atoms with van der Waals surface area (Å²) in [5.41, 5.74) is 2.52. The zero-order chi connectivity index (χ0) is 16.7. The predicted octanol–water partition coefficient (Wildman–Crippen LogP) is 3.91. The Morgan fingerprint density at radius 1 is 1.13 bits per heavy atom. The zero-order valence-corrected chi connectivity index (χ0v) is 14.0. The van der Waals surface area contributed by atoms with Crippen molar-refractivity contribution in [3.05, 3.63) is 65.7 Å². The number of ether oxygens (including phenoxy) is 1. The van der Waals surface area contributed by atoms with E-state index in [-0.39, 0.29) is 12.0 Å². The van der Waals surface area contributed by atoms with Gasteiger partial charge in [0, 0.05) is 5.69 Å². The second-order valence-corrected chi connectivity index (χ2v) is 5.45. The number of anilines is 1. The largest absolute Gasteiger partial charge is 0.465 e. The van der Waals surface area contributed by atoms with Gasteiger partial charge < -0.3 is 15.4 Å². The van der Waals surface area contributed by atoms with Crippen molar-refractivity contribution in [3.63, 3.8) is 0 Å². The summed E-state index contributed by atoms with van der Waals surface area (Å²) in [4.78, 5) is 11.4. The molecule has 0 amide bonds. The van der Waals surface area contributed by atoms with Gasteiger partial charge in [-0.05, 0) is 48.5 Å². The smallest absolute Gasteiger partial charge is 0.337 e. The number of thiocarbonyl (C=S) groups is 1. The average molecular weight is 328 g/mol. The minimum absolute atomic E-state index is 0.158. The van der Waals surface area contributed by atoms with Gasteiger partial charge in [0.1, 0.15) is 0 Å². The van der Waals surface area contributed by atoms with Gasteiger partial charge in [-0.3, -0.25) is 0 Å². The monoisotopic (exact) mass is 328 g/mol. The van der Waals surface area contributed by atoms with E-state index in [9.17, 15) is 4.79 Å². The summed E-state index contributed by atoms with van der Waals surface area (Å²) in [6.07, 6.45) is 0.924. The number of benzene rings is 2. The number of rotatable bonds is 5. The lowest BCUT2D eigenvalue weighted by Gasteiger charge is -2.20. The van der Waals surface area contributed by atoms with Crippen LogP contribution in [0.15, 0.2) is 54.6 Å². The van der Waals surface area contributed by atoms with Gasteiger partial charge in [-0.1, -0.05) is 37.3 Å². The molecule has 2 aromatic rings. The Kier molecular flexibility index (Phi) is 6.11. The van der Waals surface area contributed by atoms with Crippen molar-refractivity contribution in [3.8, 4) is 0 Å². The van der Waals surface area contributed by atoms with E-state index in [0.717, 1.165) is 12.1 Å². The third-order valence-corrected chi connectivity index (χ3v) is 3.70. The fourth-order valence-corrected chi connectivity index (χ4v) is 2.50. The molecule has 0 saturated heterocycles. The molecule has 120 valence electrons. The summed E-state index contributed by atoms with van der Waals surface area (Å²) >= 11 is 5.37. The van der Waals surface area contributed by atoms with Crippen LogP contribution in [0.2, 0.25) is 0 Å². The molecule has 2 aromatic carbocycles. The Labute approximate surface area is 141 Å². The number of carbonyl (C=O) groups excluding carboxylic acids is 1. The molecular formula is C18H20N2O2S. The summed E-state index contributed by atoms with van der Waals surface area (Å²) in [5, 5.41) is 6.99. The third kappa shape index (κ3) is 4.79. The zero-order valence-electron chi connectivity index (χ0n) is 13.2. The SMILES string of the molecule is CCC(NC(=S)Nc1ccc(C(=O)OC)cc1)c1ccccc1. The van der Waals surface area contributed by atoms with Crippen LogP contribution in [0.3, 0.4) is 0 Å². The average Bonchev–Trinajstić information content (AvgIpc) is 2.60. The fourth-order valence-electron chi connectivity index (χ4n) is 2.24. The molecule has 23 heavy (non-hydrogen) atoms. The van der Waals surface area contributed by atoms with Crippen LogP contribution in [0.5, 0.6) is 0 Å². The Bertz CT molecular complexity index is 656. The molecular weight excluding hydrogens is 308 g/mol. The molecule has 5 heteroatoms. The van der Waals surface area contributed by atoms with Crippen molar-refractivity contribution in [2.24, 2.45) is 0 Å². The molecule has 0 heterocycles. The maximum atomic E-state index is 11.4. The number of esters is 1. The van der Waals surface area contributed by atoms with Gasteiger partial charge in [0.15, 0.2) is 5.11 Å². The van der Waals surface area contributed by atoms with E-state index in [0.29, 0.717) is 10.7 Å². The van der Waals surface area contributed by atoms with Gasteiger partial charge in [0.25, 0.3) is 0 Å². The lowest BCUT2D eigenvalue weighted by atomic mass is 10.1. The van der Waals surface area contributed by atoms with E-state index >= 15 is 0 Å². The van der Waals surface area contributed by atoms with Gasteiger partial charge >= 0.3 is 5.97 Å². The molecule has 0 radical (unpaired) electrons. The highest BCUT2D eigenvalue weighted by Gasteiger charge is 2.10. The minimum Gasteiger partial charge on any atom is -0.465 e. The molecule has 1 unspecified atom stereocenters. The van der Waals surface area contributed by atoms with Gasteiger partial charge in [-0.2, -0.15) is 0 Å². The number of hydrogen-bond donors (Lipinski definition) is 2. The van der Waals surface area contributed by atoms with Crippen molar-refractivity contribution < 1.29 is 9.53 Å². The third-order valence-electron chi connectivity index (χ3n) is 3.48. The minimum atomic E-state index is -0.354. The highest BCUT2D eigenvalue weighted by molar-refractivity contribution is 7.80. The first-order valence-corrected chi connectivity index (χ1v) is 7.85. The molecule has 2 rings (SSSR count). The Balaban J connectivity index is 1.97. The Hall–Kier alpha value is -2.40. The predicted molar refractivity (Wildman–Crippen MR) is 96.6 cm³/mol. The number of nitrogens with one attached hydrogen (secondary N) is 2. The highest BCUT2D eigenvalue weighted by Crippen LogP contribution is 2.16. The summed E-state index contributed by atoms with van der Waals surface area (Å²) in [6.45, 7) is 2.11. The molecule has 0 aliphatic rings. The van der Waals surface area contributed by atoms with Gasteiger partial charge in [0.05, 0.1) is 18.7 Å². The van der Waals surface area contributed by atoms with Crippen LogP contribution in [0.4, 0.5) is 5.69 Å². The Morgan fingerprint density at radius 3 is 2.35 bits per heavy atom. The van der Waals surface area contributed by atoms with Crippen LogP contribution >= 0.6 is 12.2 Å².